The van der Waals surface area contributed by atoms with Crippen molar-refractivity contribution < 1.29 is 22.9 Å². The molecule has 0 fully saturated rings. The standard InChI is InChI=1S/C35H52N4O6S/c1-4-5-6-7-8-9-10-11-12-13-14-15-16-17-24-33(39(42)43)35(41)36-26-25-34(40)37-30-21-19-22-31(27-30)46(44,45)38-32-23-18-20-28(2)29(32)3/h18-24,27,38H,4-17,25-26H2,1-3H3,(H,36,41)(H,37,40)/b33-24-. The van der Waals surface area contributed by atoms with Gasteiger partial charge in [-0.05, 0) is 68.2 Å². The number of carbonyl (C=O) groups excluding carboxylic acids is 2. The molecule has 254 valence electrons. The van der Waals surface area contributed by atoms with Crippen LogP contribution in [-0.4, -0.2) is 31.7 Å². The summed E-state index contributed by atoms with van der Waals surface area (Å²) in [6.07, 6.45) is 17.4. The van der Waals surface area contributed by atoms with Gasteiger partial charge < -0.3 is 10.6 Å². The normalized spacial score (nSPS) is 11.7. The largest absolute Gasteiger partial charge is 0.346 e. The van der Waals surface area contributed by atoms with Crippen LogP contribution in [0.2, 0.25) is 0 Å². The molecule has 0 saturated heterocycles. The average molecular weight is 657 g/mol. The maximum Gasteiger partial charge on any atom is 0.329 e. The molecule has 2 aromatic carbocycles. The number of aryl methyl sites for hydroxylation is 1. The van der Waals surface area contributed by atoms with Gasteiger partial charge in [-0.2, -0.15) is 0 Å². The summed E-state index contributed by atoms with van der Waals surface area (Å²) in [5, 5.41) is 16.5. The van der Waals surface area contributed by atoms with Crippen molar-refractivity contribution in [3.63, 3.8) is 0 Å². The third-order valence-corrected chi connectivity index (χ3v) is 9.35. The van der Waals surface area contributed by atoms with Gasteiger partial charge in [0.2, 0.25) is 5.91 Å². The van der Waals surface area contributed by atoms with Crippen molar-refractivity contribution in [2.24, 2.45) is 0 Å². The molecule has 0 atom stereocenters. The first-order chi connectivity index (χ1) is 22.0. The number of hydrogen-bond donors (Lipinski definition) is 3. The number of carbonyl (C=O) groups is 2. The molecule has 0 aromatic heterocycles. The monoisotopic (exact) mass is 656 g/mol. The van der Waals surface area contributed by atoms with Gasteiger partial charge >= 0.3 is 11.6 Å². The van der Waals surface area contributed by atoms with Crippen LogP contribution >= 0.6 is 0 Å². The minimum absolute atomic E-state index is 0.0243. The molecule has 0 aliphatic carbocycles. The molecular formula is C35H52N4O6S. The summed E-state index contributed by atoms with van der Waals surface area (Å²) in [5.41, 5.74) is 1.98. The first kappa shape index (κ1) is 38.5. The number of amides is 2. The van der Waals surface area contributed by atoms with Crippen LogP contribution in [-0.2, 0) is 19.6 Å². The summed E-state index contributed by atoms with van der Waals surface area (Å²) in [6, 6.07) is 11.2. The summed E-state index contributed by atoms with van der Waals surface area (Å²) in [4.78, 5) is 35.6. The second-order valence-electron chi connectivity index (χ2n) is 11.8. The molecule has 0 spiro atoms. The number of hydrogen-bond acceptors (Lipinski definition) is 6. The Labute approximate surface area is 275 Å². The second-order valence-corrected chi connectivity index (χ2v) is 13.5. The Bertz CT molecular complexity index is 1410. The maximum absolute atomic E-state index is 13.0. The lowest BCUT2D eigenvalue weighted by Crippen LogP contribution is -2.31. The maximum atomic E-state index is 13.0. The average Bonchev–Trinajstić information content (AvgIpc) is 3.01. The molecule has 11 heteroatoms. The van der Waals surface area contributed by atoms with Crippen LogP contribution in [0.25, 0.3) is 0 Å². The molecule has 0 radical (unpaired) electrons. The van der Waals surface area contributed by atoms with E-state index in [1.807, 2.05) is 19.9 Å². The summed E-state index contributed by atoms with van der Waals surface area (Å²) >= 11 is 0. The van der Waals surface area contributed by atoms with Crippen LogP contribution in [0.15, 0.2) is 59.1 Å². The number of benzene rings is 2. The van der Waals surface area contributed by atoms with Gasteiger partial charge in [0, 0.05) is 18.7 Å². The minimum atomic E-state index is -3.91. The first-order valence-corrected chi connectivity index (χ1v) is 18.1. The highest BCUT2D eigenvalue weighted by molar-refractivity contribution is 7.92. The van der Waals surface area contributed by atoms with Crippen LogP contribution in [0, 0.1) is 24.0 Å². The summed E-state index contributed by atoms with van der Waals surface area (Å²) in [6.45, 7) is 5.84. The Kier molecular flexibility index (Phi) is 17.7. The smallest absolute Gasteiger partial charge is 0.329 e. The number of rotatable bonds is 23. The Hall–Kier alpha value is -3.73. The van der Waals surface area contributed by atoms with Crippen molar-refractivity contribution in [1.29, 1.82) is 0 Å². The first-order valence-electron chi connectivity index (χ1n) is 16.7. The van der Waals surface area contributed by atoms with Crippen LogP contribution in [0.1, 0.15) is 114 Å². The zero-order valence-electron chi connectivity index (χ0n) is 27.7. The highest BCUT2D eigenvalue weighted by atomic mass is 32.2. The Morgan fingerprint density at radius 1 is 0.848 bits per heavy atom. The molecule has 0 heterocycles. The molecule has 2 rings (SSSR count). The van der Waals surface area contributed by atoms with E-state index in [1.54, 1.807) is 18.2 Å². The topological polar surface area (TPSA) is 148 Å². The van der Waals surface area contributed by atoms with E-state index >= 15 is 0 Å². The van der Waals surface area contributed by atoms with Gasteiger partial charge in [-0.15, -0.1) is 0 Å². The second kappa shape index (κ2) is 21.1. The fourth-order valence-corrected chi connectivity index (χ4v) is 6.23. The van der Waals surface area contributed by atoms with Crippen molar-refractivity contribution >= 4 is 33.2 Å². The van der Waals surface area contributed by atoms with Gasteiger partial charge in [0.1, 0.15) is 0 Å². The van der Waals surface area contributed by atoms with Crippen molar-refractivity contribution in [3.05, 3.63) is 75.5 Å². The third kappa shape index (κ3) is 14.6. The molecule has 2 amide bonds. The molecule has 2 aromatic rings. The molecule has 0 aliphatic rings. The minimum Gasteiger partial charge on any atom is -0.346 e. The van der Waals surface area contributed by atoms with Crippen LogP contribution in [0.4, 0.5) is 11.4 Å². The lowest BCUT2D eigenvalue weighted by molar-refractivity contribution is -0.419. The molecule has 10 nitrogen and oxygen atoms in total. The molecule has 46 heavy (non-hydrogen) atoms. The number of anilines is 2. The third-order valence-electron chi connectivity index (χ3n) is 7.99. The van der Waals surface area contributed by atoms with Crippen molar-refractivity contribution in [1.82, 2.24) is 5.32 Å². The lowest BCUT2D eigenvalue weighted by Gasteiger charge is -2.13. The number of nitro groups is 1. The summed E-state index contributed by atoms with van der Waals surface area (Å²) in [7, 11) is -3.91. The summed E-state index contributed by atoms with van der Waals surface area (Å²) < 4.78 is 28.5. The van der Waals surface area contributed by atoms with Crippen molar-refractivity contribution in [2.75, 3.05) is 16.6 Å². The van der Waals surface area contributed by atoms with Crippen LogP contribution < -0.4 is 15.4 Å². The van der Waals surface area contributed by atoms with Crippen LogP contribution in [0.3, 0.4) is 0 Å². The van der Waals surface area contributed by atoms with E-state index in [0.717, 1.165) is 36.8 Å². The number of nitrogens with zero attached hydrogens (tertiary/aromatic N) is 1. The Balaban J connectivity index is 1.70. The number of allylic oxidation sites excluding steroid dienone is 1. The highest BCUT2D eigenvalue weighted by Crippen LogP contribution is 2.23. The zero-order valence-corrected chi connectivity index (χ0v) is 28.6. The highest BCUT2D eigenvalue weighted by Gasteiger charge is 2.21. The van der Waals surface area contributed by atoms with E-state index in [9.17, 15) is 28.1 Å². The Morgan fingerprint density at radius 3 is 2.04 bits per heavy atom. The Morgan fingerprint density at radius 2 is 1.43 bits per heavy atom. The van der Waals surface area contributed by atoms with E-state index < -0.39 is 32.5 Å². The van der Waals surface area contributed by atoms with Gasteiger partial charge in [0.15, 0.2) is 0 Å². The number of unbranched alkanes of at least 4 members (excludes halogenated alkanes) is 13. The van der Waals surface area contributed by atoms with E-state index in [4.69, 9.17) is 0 Å². The van der Waals surface area contributed by atoms with E-state index in [1.165, 1.54) is 82.1 Å². The predicted molar refractivity (Wildman–Crippen MR) is 185 cm³/mol. The molecular weight excluding hydrogens is 604 g/mol. The van der Waals surface area contributed by atoms with Gasteiger partial charge in [0.05, 0.1) is 15.5 Å². The van der Waals surface area contributed by atoms with E-state index in [0.29, 0.717) is 12.1 Å². The SMILES string of the molecule is CCCCCCCCCCCCCCC/C=C(/C(=O)NCCC(=O)Nc1cccc(S(=O)(=O)Nc2cccc(C)c2C)c1)[N+](=O)[O-]. The number of sulfonamides is 1. The molecule has 0 saturated carbocycles. The van der Waals surface area contributed by atoms with Gasteiger partial charge in [0.25, 0.3) is 10.0 Å². The summed E-state index contributed by atoms with van der Waals surface area (Å²) in [5.74, 6) is -1.31. The molecule has 0 unspecified atom stereocenters. The van der Waals surface area contributed by atoms with Gasteiger partial charge in [-0.25, -0.2) is 8.42 Å². The molecule has 3 N–H and O–H groups in total. The van der Waals surface area contributed by atoms with Crippen molar-refractivity contribution in [3.8, 4) is 0 Å². The fourth-order valence-electron chi connectivity index (χ4n) is 5.06. The van der Waals surface area contributed by atoms with Crippen LogP contribution in [0.5, 0.6) is 0 Å². The zero-order chi connectivity index (χ0) is 33.8. The van der Waals surface area contributed by atoms with Gasteiger partial charge in [-0.3, -0.25) is 24.4 Å². The lowest BCUT2D eigenvalue weighted by atomic mass is 10.0. The fraction of sp³-hybridized carbons (Fsp3) is 0.543. The van der Waals surface area contributed by atoms with E-state index in [-0.39, 0.29) is 23.5 Å². The molecule has 0 aliphatic heterocycles. The quantitative estimate of drug-likeness (QED) is 0.0475. The van der Waals surface area contributed by atoms with E-state index in [2.05, 4.69) is 22.3 Å². The van der Waals surface area contributed by atoms with Gasteiger partial charge in [-0.1, -0.05) is 102 Å². The van der Waals surface area contributed by atoms with Crippen molar-refractivity contribution in [2.45, 2.75) is 122 Å². The number of nitrogens with one attached hydrogen (secondary N) is 3. The predicted octanol–water partition coefficient (Wildman–Crippen LogP) is 8.19. The molecule has 0 bridgehead atoms.